The van der Waals surface area contributed by atoms with Crippen LogP contribution in [-0.2, 0) is 6.42 Å². The molecule has 0 saturated heterocycles. The van der Waals surface area contributed by atoms with Crippen molar-refractivity contribution in [3.8, 4) is 0 Å². The third-order valence-electron chi connectivity index (χ3n) is 2.61. The Labute approximate surface area is 127 Å². The first kappa shape index (κ1) is 17.2. The molecule has 0 heterocycles. The van der Waals surface area contributed by atoms with E-state index in [1.807, 2.05) is 6.07 Å². The van der Waals surface area contributed by atoms with E-state index in [0.717, 1.165) is 25.9 Å². The van der Waals surface area contributed by atoms with Gasteiger partial charge >= 0.3 is 0 Å². The summed E-state index contributed by atoms with van der Waals surface area (Å²) in [7, 11) is 0. The molecule has 1 aromatic carbocycles. The molecule has 0 amide bonds. The molecule has 1 aromatic rings. The number of aliphatic imine (C=N–C) groups is 1. The van der Waals surface area contributed by atoms with Crippen LogP contribution in [0, 0.1) is 0 Å². The molecule has 0 aliphatic rings. The summed E-state index contributed by atoms with van der Waals surface area (Å²) < 4.78 is 0. The van der Waals surface area contributed by atoms with Crippen molar-refractivity contribution >= 4 is 29.9 Å². The van der Waals surface area contributed by atoms with E-state index in [-0.39, 0.29) is 24.0 Å². The number of nitrogens with two attached hydrogens (primary N) is 1. The molecule has 0 atom stereocenters. The van der Waals surface area contributed by atoms with Crippen LogP contribution in [0.4, 0.5) is 0 Å². The molecule has 3 nitrogen and oxygen atoms in total. The summed E-state index contributed by atoms with van der Waals surface area (Å²) in [5.41, 5.74) is 7.08. The Bertz CT molecular complexity index is 325. The van der Waals surface area contributed by atoms with Crippen molar-refractivity contribution in [2.75, 3.05) is 13.1 Å². The largest absolute Gasteiger partial charge is 0.370 e. The Morgan fingerprint density at radius 3 is 2.61 bits per heavy atom. The Morgan fingerprint density at radius 2 is 1.94 bits per heavy atom. The zero-order valence-corrected chi connectivity index (χ0v) is 13.4. The maximum absolute atomic E-state index is 5.76. The van der Waals surface area contributed by atoms with Gasteiger partial charge in [-0.2, -0.15) is 0 Å². The van der Waals surface area contributed by atoms with Gasteiger partial charge < -0.3 is 11.1 Å². The highest BCUT2D eigenvalue weighted by Crippen LogP contribution is 1.98. The van der Waals surface area contributed by atoms with Crippen molar-refractivity contribution in [2.24, 2.45) is 10.7 Å². The van der Waals surface area contributed by atoms with Gasteiger partial charge in [0.05, 0.1) is 0 Å². The molecule has 0 spiro atoms. The summed E-state index contributed by atoms with van der Waals surface area (Å²) in [4.78, 5) is 4.28. The SMILES string of the molecule is CCCCCN=C(N)NCCc1ccccc1.I. The zero-order valence-electron chi connectivity index (χ0n) is 11.1. The maximum Gasteiger partial charge on any atom is 0.188 e. The highest BCUT2D eigenvalue weighted by atomic mass is 127. The minimum atomic E-state index is 0. The topological polar surface area (TPSA) is 50.4 Å². The van der Waals surface area contributed by atoms with Gasteiger partial charge in [-0.05, 0) is 18.4 Å². The molecule has 0 aromatic heterocycles. The first-order valence-electron chi connectivity index (χ1n) is 6.40. The molecular formula is C14H24IN3. The maximum atomic E-state index is 5.76. The Hall–Kier alpha value is -0.780. The van der Waals surface area contributed by atoms with Crippen molar-refractivity contribution in [2.45, 2.75) is 32.6 Å². The van der Waals surface area contributed by atoms with Crippen molar-refractivity contribution in [3.63, 3.8) is 0 Å². The van der Waals surface area contributed by atoms with Crippen LogP contribution in [-0.4, -0.2) is 19.0 Å². The average Bonchev–Trinajstić information content (AvgIpc) is 2.36. The normalized spacial score (nSPS) is 10.8. The minimum absolute atomic E-state index is 0. The monoisotopic (exact) mass is 361 g/mol. The van der Waals surface area contributed by atoms with E-state index in [1.54, 1.807) is 0 Å². The van der Waals surface area contributed by atoms with Crippen LogP contribution in [0.1, 0.15) is 31.7 Å². The molecule has 0 radical (unpaired) electrons. The average molecular weight is 361 g/mol. The van der Waals surface area contributed by atoms with Gasteiger partial charge in [0.2, 0.25) is 0 Å². The first-order chi connectivity index (χ1) is 8.33. The number of hydrogen-bond acceptors (Lipinski definition) is 1. The van der Waals surface area contributed by atoms with Gasteiger partial charge in [0.15, 0.2) is 5.96 Å². The molecule has 0 saturated carbocycles. The summed E-state index contributed by atoms with van der Waals surface area (Å²) in [6.45, 7) is 3.86. The first-order valence-corrected chi connectivity index (χ1v) is 6.40. The van der Waals surface area contributed by atoms with E-state index in [2.05, 4.69) is 41.5 Å². The molecule has 102 valence electrons. The number of unbranched alkanes of at least 4 members (excludes halogenated alkanes) is 2. The summed E-state index contributed by atoms with van der Waals surface area (Å²) in [6.07, 6.45) is 4.54. The lowest BCUT2D eigenvalue weighted by Crippen LogP contribution is -2.33. The van der Waals surface area contributed by atoms with Gasteiger partial charge in [-0.15, -0.1) is 24.0 Å². The van der Waals surface area contributed by atoms with E-state index in [4.69, 9.17) is 5.73 Å². The van der Waals surface area contributed by atoms with Crippen LogP contribution < -0.4 is 11.1 Å². The molecule has 0 aliphatic heterocycles. The minimum Gasteiger partial charge on any atom is -0.370 e. The lowest BCUT2D eigenvalue weighted by molar-refractivity contribution is 0.723. The van der Waals surface area contributed by atoms with E-state index >= 15 is 0 Å². The number of halogens is 1. The van der Waals surface area contributed by atoms with E-state index in [1.165, 1.54) is 18.4 Å². The fraction of sp³-hybridized carbons (Fsp3) is 0.500. The summed E-state index contributed by atoms with van der Waals surface area (Å²) >= 11 is 0. The lowest BCUT2D eigenvalue weighted by Gasteiger charge is -2.05. The highest BCUT2D eigenvalue weighted by Gasteiger charge is 1.93. The van der Waals surface area contributed by atoms with Crippen LogP contribution in [0.5, 0.6) is 0 Å². The second-order valence-electron chi connectivity index (χ2n) is 4.14. The smallest absolute Gasteiger partial charge is 0.188 e. The fourth-order valence-electron chi connectivity index (χ4n) is 1.60. The molecule has 4 heteroatoms. The predicted octanol–water partition coefficient (Wildman–Crippen LogP) is 2.94. The molecule has 0 fully saturated rings. The molecule has 3 N–H and O–H groups in total. The second-order valence-corrected chi connectivity index (χ2v) is 4.14. The Morgan fingerprint density at radius 1 is 1.22 bits per heavy atom. The van der Waals surface area contributed by atoms with E-state index in [9.17, 15) is 0 Å². The molecule has 0 aliphatic carbocycles. The van der Waals surface area contributed by atoms with Crippen LogP contribution in [0.2, 0.25) is 0 Å². The predicted molar refractivity (Wildman–Crippen MR) is 89.6 cm³/mol. The van der Waals surface area contributed by atoms with Crippen LogP contribution in [0.3, 0.4) is 0 Å². The third-order valence-corrected chi connectivity index (χ3v) is 2.61. The van der Waals surface area contributed by atoms with E-state index < -0.39 is 0 Å². The van der Waals surface area contributed by atoms with Gasteiger partial charge in [-0.1, -0.05) is 50.1 Å². The summed E-state index contributed by atoms with van der Waals surface area (Å²) in [6, 6.07) is 10.4. The van der Waals surface area contributed by atoms with E-state index in [0.29, 0.717) is 5.96 Å². The van der Waals surface area contributed by atoms with Gasteiger partial charge in [0.1, 0.15) is 0 Å². The number of rotatable bonds is 7. The number of hydrogen-bond donors (Lipinski definition) is 2. The number of nitrogens with zero attached hydrogens (tertiary/aromatic N) is 1. The molecule has 0 bridgehead atoms. The summed E-state index contributed by atoms with van der Waals surface area (Å²) in [5, 5.41) is 3.14. The van der Waals surface area contributed by atoms with Gasteiger partial charge in [0, 0.05) is 13.1 Å². The Kier molecular flexibility index (Phi) is 10.8. The van der Waals surface area contributed by atoms with Gasteiger partial charge in [0.25, 0.3) is 0 Å². The molecular weight excluding hydrogens is 337 g/mol. The van der Waals surface area contributed by atoms with Crippen molar-refractivity contribution in [1.29, 1.82) is 0 Å². The standard InChI is InChI=1S/C14H23N3.HI/c1-2-3-7-11-16-14(15)17-12-10-13-8-5-4-6-9-13;/h4-6,8-9H,2-3,7,10-12H2,1H3,(H3,15,16,17);1H. The van der Waals surface area contributed by atoms with Crippen LogP contribution in [0.15, 0.2) is 35.3 Å². The van der Waals surface area contributed by atoms with Crippen molar-refractivity contribution in [1.82, 2.24) is 5.32 Å². The second kappa shape index (κ2) is 11.3. The van der Waals surface area contributed by atoms with Gasteiger partial charge in [-0.25, -0.2) is 0 Å². The summed E-state index contributed by atoms with van der Waals surface area (Å²) in [5.74, 6) is 0.567. The van der Waals surface area contributed by atoms with Crippen molar-refractivity contribution in [3.05, 3.63) is 35.9 Å². The van der Waals surface area contributed by atoms with Gasteiger partial charge in [-0.3, -0.25) is 4.99 Å². The van der Waals surface area contributed by atoms with Crippen LogP contribution in [0.25, 0.3) is 0 Å². The fourth-order valence-corrected chi connectivity index (χ4v) is 1.60. The molecule has 1 rings (SSSR count). The number of benzene rings is 1. The van der Waals surface area contributed by atoms with Crippen LogP contribution >= 0.6 is 24.0 Å². The van der Waals surface area contributed by atoms with Crippen molar-refractivity contribution < 1.29 is 0 Å². The lowest BCUT2D eigenvalue weighted by atomic mass is 10.1. The zero-order chi connectivity index (χ0) is 12.3. The highest BCUT2D eigenvalue weighted by molar-refractivity contribution is 14.0. The molecule has 18 heavy (non-hydrogen) atoms. The number of guanidine groups is 1. The third kappa shape index (κ3) is 8.33. The quantitative estimate of drug-likeness (QED) is 0.340. The Balaban J connectivity index is 0.00000289. The number of nitrogens with one attached hydrogen (secondary N) is 1. The molecule has 0 unspecified atom stereocenters.